The van der Waals surface area contributed by atoms with Crippen LogP contribution < -0.4 is 5.32 Å². The molecule has 1 aliphatic rings. The fourth-order valence-corrected chi connectivity index (χ4v) is 3.66. The predicted molar refractivity (Wildman–Crippen MR) is 90.7 cm³/mol. The van der Waals surface area contributed by atoms with Gasteiger partial charge in [-0.25, -0.2) is 0 Å². The average Bonchev–Trinajstić information content (AvgIpc) is 2.94. The summed E-state index contributed by atoms with van der Waals surface area (Å²) in [7, 11) is 0. The topological polar surface area (TPSA) is 46.9 Å². The molecule has 0 unspecified atom stereocenters. The molecule has 2 aromatic rings. The normalized spacial score (nSPS) is 14.2. The molecule has 1 N–H and O–H groups in total. The van der Waals surface area contributed by atoms with Gasteiger partial charge in [0, 0.05) is 16.2 Å². The zero-order valence-corrected chi connectivity index (χ0v) is 14.5. The summed E-state index contributed by atoms with van der Waals surface area (Å²) >= 11 is 1.49. The highest BCUT2D eigenvalue weighted by molar-refractivity contribution is 7.98. The van der Waals surface area contributed by atoms with Crippen molar-refractivity contribution in [3.05, 3.63) is 41.2 Å². The quantitative estimate of drug-likeness (QED) is 0.824. The van der Waals surface area contributed by atoms with Crippen molar-refractivity contribution in [2.75, 3.05) is 11.6 Å². The predicted octanol–water partition coefficient (Wildman–Crippen LogP) is 4.14. The second-order valence-corrected chi connectivity index (χ2v) is 6.73. The van der Waals surface area contributed by atoms with Crippen LogP contribution >= 0.6 is 11.8 Å². The zero-order chi connectivity index (χ0) is 18.0. The van der Waals surface area contributed by atoms with Crippen molar-refractivity contribution in [2.45, 2.75) is 43.3 Å². The van der Waals surface area contributed by atoms with E-state index in [4.69, 9.17) is 0 Å². The first-order chi connectivity index (χ1) is 11.9. The van der Waals surface area contributed by atoms with E-state index in [1.54, 1.807) is 12.1 Å². The highest BCUT2D eigenvalue weighted by atomic mass is 32.2. The fourth-order valence-electron chi connectivity index (χ4n) is 3.10. The van der Waals surface area contributed by atoms with Gasteiger partial charge in [-0.1, -0.05) is 12.1 Å². The van der Waals surface area contributed by atoms with Gasteiger partial charge < -0.3 is 5.32 Å². The molecule has 0 aliphatic heterocycles. The molecule has 3 rings (SSSR count). The molecule has 0 radical (unpaired) electrons. The first-order valence-corrected chi connectivity index (χ1v) is 9.21. The number of rotatable bonds is 4. The maximum absolute atomic E-state index is 13.2. The van der Waals surface area contributed by atoms with Gasteiger partial charge in [0.1, 0.15) is 6.54 Å². The van der Waals surface area contributed by atoms with Gasteiger partial charge in [0.25, 0.3) is 0 Å². The number of amides is 1. The molecule has 8 heteroatoms. The zero-order valence-electron chi connectivity index (χ0n) is 13.7. The van der Waals surface area contributed by atoms with Crippen molar-refractivity contribution in [1.82, 2.24) is 9.78 Å². The Bertz CT molecular complexity index is 786. The summed E-state index contributed by atoms with van der Waals surface area (Å²) in [5.41, 5.74) is 0.583. The van der Waals surface area contributed by atoms with E-state index in [1.807, 2.05) is 18.4 Å². The summed E-state index contributed by atoms with van der Waals surface area (Å²) in [6.45, 7) is -0.221. The fraction of sp³-hybridized carbons (Fsp3) is 0.412. The van der Waals surface area contributed by atoms with Gasteiger partial charge in [-0.3, -0.25) is 9.48 Å². The van der Waals surface area contributed by atoms with E-state index in [1.165, 1.54) is 16.4 Å². The van der Waals surface area contributed by atoms with Gasteiger partial charge in [0.2, 0.25) is 5.91 Å². The summed E-state index contributed by atoms with van der Waals surface area (Å²) in [6, 6.07) is 7.30. The molecule has 0 saturated carbocycles. The molecule has 0 atom stereocenters. The van der Waals surface area contributed by atoms with Crippen LogP contribution in [0.5, 0.6) is 0 Å². The van der Waals surface area contributed by atoms with Crippen LogP contribution in [0.15, 0.2) is 29.2 Å². The summed E-state index contributed by atoms with van der Waals surface area (Å²) in [6.07, 6.45) is -0.185. The number of nitrogens with zero attached hydrogens (tertiary/aromatic N) is 2. The molecule has 134 valence electrons. The SMILES string of the molecule is CSc1ccccc1NC(=O)Cn1nc(C(F)(F)F)c2c1CCCC2. The Labute approximate surface area is 147 Å². The summed E-state index contributed by atoms with van der Waals surface area (Å²) in [5.74, 6) is -0.383. The Morgan fingerprint density at radius 3 is 2.72 bits per heavy atom. The second-order valence-electron chi connectivity index (χ2n) is 5.88. The second kappa shape index (κ2) is 7.11. The molecule has 4 nitrogen and oxygen atoms in total. The Morgan fingerprint density at radius 2 is 2.00 bits per heavy atom. The first-order valence-electron chi connectivity index (χ1n) is 7.98. The van der Waals surface area contributed by atoms with E-state index in [2.05, 4.69) is 10.4 Å². The highest BCUT2D eigenvalue weighted by Gasteiger charge is 2.39. The molecular weight excluding hydrogens is 351 g/mol. The number of alkyl halides is 3. The number of fused-ring (bicyclic) bond motifs is 1. The number of para-hydroxylation sites is 1. The standard InChI is InChI=1S/C17H18F3N3OS/c1-25-14-9-5-3-7-12(14)21-15(24)10-23-13-8-4-2-6-11(13)16(22-23)17(18,19)20/h3,5,7,9H,2,4,6,8,10H2,1H3,(H,21,24). The number of hydrogen-bond acceptors (Lipinski definition) is 3. The Balaban J connectivity index is 1.83. The lowest BCUT2D eigenvalue weighted by atomic mass is 9.95. The molecule has 1 heterocycles. The number of carbonyl (C=O) groups excluding carboxylic acids is 1. The summed E-state index contributed by atoms with van der Waals surface area (Å²) < 4.78 is 40.8. The molecule has 0 bridgehead atoms. The number of anilines is 1. The number of nitrogens with one attached hydrogen (secondary N) is 1. The van der Waals surface area contributed by atoms with Gasteiger partial charge in [-0.05, 0) is 44.1 Å². The first kappa shape index (κ1) is 17.8. The van der Waals surface area contributed by atoms with E-state index in [0.717, 1.165) is 17.7 Å². The van der Waals surface area contributed by atoms with Crippen molar-refractivity contribution in [3.8, 4) is 0 Å². The Hall–Kier alpha value is -1.96. The Kier molecular flexibility index (Phi) is 5.08. The maximum atomic E-state index is 13.2. The molecule has 25 heavy (non-hydrogen) atoms. The average molecular weight is 369 g/mol. The van der Waals surface area contributed by atoms with Crippen molar-refractivity contribution in [3.63, 3.8) is 0 Å². The van der Waals surface area contributed by atoms with Crippen LogP contribution in [0.25, 0.3) is 0 Å². The van der Waals surface area contributed by atoms with Crippen molar-refractivity contribution < 1.29 is 18.0 Å². The molecule has 0 spiro atoms. The smallest absolute Gasteiger partial charge is 0.323 e. The molecule has 1 aromatic heterocycles. The lowest BCUT2D eigenvalue weighted by Crippen LogP contribution is -2.22. The van der Waals surface area contributed by atoms with Gasteiger partial charge in [0.15, 0.2) is 5.69 Å². The van der Waals surface area contributed by atoms with Crippen LogP contribution in [0.1, 0.15) is 29.8 Å². The van der Waals surface area contributed by atoms with E-state index >= 15 is 0 Å². The number of thioether (sulfide) groups is 1. The minimum Gasteiger partial charge on any atom is -0.323 e. The molecule has 1 aromatic carbocycles. The van der Waals surface area contributed by atoms with Crippen LogP contribution in [-0.2, 0) is 30.4 Å². The van der Waals surface area contributed by atoms with E-state index in [0.29, 0.717) is 24.2 Å². The molecule has 0 fully saturated rings. The third-order valence-corrected chi connectivity index (χ3v) is 5.00. The third-order valence-electron chi connectivity index (χ3n) is 4.20. The van der Waals surface area contributed by atoms with Crippen LogP contribution in [0.4, 0.5) is 18.9 Å². The van der Waals surface area contributed by atoms with Crippen LogP contribution in [0, 0.1) is 0 Å². The summed E-state index contributed by atoms with van der Waals surface area (Å²) in [5, 5.41) is 6.48. The van der Waals surface area contributed by atoms with Gasteiger partial charge >= 0.3 is 6.18 Å². The van der Waals surface area contributed by atoms with E-state index in [9.17, 15) is 18.0 Å². The number of aromatic nitrogens is 2. The number of carbonyl (C=O) groups is 1. The van der Waals surface area contributed by atoms with Crippen molar-refractivity contribution in [2.24, 2.45) is 0 Å². The minimum atomic E-state index is -4.49. The van der Waals surface area contributed by atoms with Gasteiger partial charge in [-0.15, -0.1) is 11.8 Å². The van der Waals surface area contributed by atoms with Gasteiger partial charge in [-0.2, -0.15) is 18.3 Å². The summed E-state index contributed by atoms with van der Waals surface area (Å²) in [4.78, 5) is 13.2. The van der Waals surface area contributed by atoms with Crippen LogP contribution in [-0.4, -0.2) is 21.9 Å². The lowest BCUT2D eigenvalue weighted by molar-refractivity contribution is -0.142. The number of halogens is 3. The van der Waals surface area contributed by atoms with Gasteiger partial charge in [0.05, 0.1) is 5.69 Å². The van der Waals surface area contributed by atoms with Crippen molar-refractivity contribution in [1.29, 1.82) is 0 Å². The lowest BCUT2D eigenvalue weighted by Gasteiger charge is -2.15. The van der Waals surface area contributed by atoms with Crippen LogP contribution in [0.3, 0.4) is 0 Å². The molecule has 1 aliphatic carbocycles. The maximum Gasteiger partial charge on any atom is 0.435 e. The van der Waals surface area contributed by atoms with E-state index < -0.39 is 11.9 Å². The van der Waals surface area contributed by atoms with E-state index in [-0.39, 0.29) is 18.0 Å². The highest BCUT2D eigenvalue weighted by Crippen LogP contribution is 2.35. The molecule has 1 amide bonds. The van der Waals surface area contributed by atoms with Crippen molar-refractivity contribution >= 4 is 23.4 Å². The third kappa shape index (κ3) is 3.84. The number of benzene rings is 1. The largest absolute Gasteiger partial charge is 0.435 e. The monoisotopic (exact) mass is 369 g/mol. The van der Waals surface area contributed by atoms with Crippen LogP contribution in [0.2, 0.25) is 0 Å². The minimum absolute atomic E-state index is 0.221. The molecular formula is C17H18F3N3OS. The molecule has 0 saturated heterocycles. The number of hydrogen-bond donors (Lipinski definition) is 1. The Morgan fingerprint density at radius 1 is 1.28 bits per heavy atom.